The molecule has 4 heteroatoms. The Morgan fingerprint density at radius 2 is 2.06 bits per heavy atom. The van der Waals surface area contributed by atoms with Crippen LogP contribution in [0.2, 0.25) is 0 Å². The van der Waals surface area contributed by atoms with Crippen molar-refractivity contribution in [3.8, 4) is 17.4 Å². The van der Waals surface area contributed by atoms with Crippen molar-refractivity contribution in [3.05, 3.63) is 46.6 Å². The predicted octanol–water partition coefficient (Wildman–Crippen LogP) is 3.95. The Balaban J connectivity index is 2.28. The largest absolute Gasteiger partial charge is 0.497 e. The summed E-state index contributed by atoms with van der Waals surface area (Å²) in [5.41, 5.74) is 0.996. The summed E-state index contributed by atoms with van der Waals surface area (Å²) in [5, 5.41) is 0. The van der Waals surface area contributed by atoms with Gasteiger partial charge < -0.3 is 9.47 Å². The molecule has 3 nitrogen and oxygen atoms in total. The minimum Gasteiger partial charge on any atom is -0.497 e. The zero-order valence-electron chi connectivity index (χ0n) is 9.61. The highest BCUT2D eigenvalue weighted by Crippen LogP contribution is 2.32. The first kappa shape index (κ1) is 11.9. The van der Waals surface area contributed by atoms with Gasteiger partial charge in [0.25, 0.3) is 0 Å². The molecule has 1 heterocycles. The standard InChI is InChI=1S/C13H12BrNO2/c1-9-4-3-7-15-13(9)17-12-6-5-10(16-2)8-11(12)14/h3-8H,1-2H3. The smallest absolute Gasteiger partial charge is 0.222 e. The normalized spacial score (nSPS) is 10.1. The lowest BCUT2D eigenvalue weighted by Gasteiger charge is -2.09. The van der Waals surface area contributed by atoms with E-state index in [-0.39, 0.29) is 0 Å². The van der Waals surface area contributed by atoms with E-state index < -0.39 is 0 Å². The van der Waals surface area contributed by atoms with Crippen molar-refractivity contribution in [2.75, 3.05) is 7.11 Å². The second-order valence-electron chi connectivity index (χ2n) is 3.52. The van der Waals surface area contributed by atoms with Crippen molar-refractivity contribution in [2.24, 2.45) is 0 Å². The molecule has 0 radical (unpaired) electrons. The summed E-state index contributed by atoms with van der Waals surface area (Å²) in [5.74, 6) is 2.10. The average molecular weight is 294 g/mol. The summed E-state index contributed by atoms with van der Waals surface area (Å²) < 4.78 is 11.7. The molecule has 0 bridgehead atoms. The molecule has 1 aromatic carbocycles. The molecule has 0 saturated heterocycles. The Bertz CT molecular complexity index is 529. The molecule has 0 aliphatic rings. The van der Waals surface area contributed by atoms with Crippen LogP contribution < -0.4 is 9.47 Å². The number of hydrogen-bond acceptors (Lipinski definition) is 3. The van der Waals surface area contributed by atoms with Crippen LogP contribution in [0.1, 0.15) is 5.56 Å². The second kappa shape index (κ2) is 5.19. The Morgan fingerprint density at radius 1 is 1.24 bits per heavy atom. The quantitative estimate of drug-likeness (QED) is 0.858. The minimum atomic E-state index is 0.610. The van der Waals surface area contributed by atoms with E-state index in [4.69, 9.17) is 9.47 Å². The van der Waals surface area contributed by atoms with Gasteiger partial charge in [-0.05, 0) is 47.1 Å². The first-order valence-corrected chi connectivity index (χ1v) is 5.93. The molecule has 88 valence electrons. The first-order valence-electron chi connectivity index (χ1n) is 5.13. The van der Waals surface area contributed by atoms with Gasteiger partial charge in [0.2, 0.25) is 5.88 Å². The fraction of sp³-hybridized carbons (Fsp3) is 0.154. The third-order valence-electron chi connectivity index (χ3n) is 2.31. The van der Waals surface area contributed by atoms with E-state index in [0.717, 1.165) is 15.8 Å². The second-order valence-corrected chi connectivity index (χ2v) is 4.38. The van der Waals surface area contributed by atoms with Gasteiger partial charge in [-0.25, -0.2) is 4.98 Å². The maximum absolute atomic E-state index is 5.73. The Labute approximate surface area is 109 Å². The fourth-order valence-corrected chi connectivity index (χ4v) is 1.81. The van der Waals surface area contributed by atoms with Crippen LogP contribution in [0.5, 0.6) is 17.4 Å². The van der Waals surface area contributed by atoms with E-state index in [2.05, 4.69) is 20.9 Å². The molecular weight excluding hydrogens is 282 g/mol. The highest BCUT2D eigenvalue weighted by molar-refractivity contribution is 9.10. The molecule has 0 saturated carbocycles. The van der Waals surface area contributed by atoms with Crippen LogP contribution in [0, 0.1) is 6.92 Å². The summed E-state index contributed by atoms with van der Waals surface area (Å²) >= 11 is 3.44. The van der Waals surface area contributed by atoms with Gasteiger partial charge >= 0.3 is 0 Å². The van der Waals surface area contributed by atoms with Gasteiger partial charge in [-0.1, -0.05) is 6.07 Å². The summed E-state index contributed by atoms with van der Waals surface area (Å²) in [7, 11) is 1.63. The van der Waals surface area contributed by atoms with Gasteiger partial charge in [0.1, 0.15) is 11.5 Å². The van der Waals surface area contributed by atoms with Crippen LogP contribution in [-0.2, 0) is 0 Å². The summed E-state index contributed by atoms with van der Waals surface area (Å²) in [6, 6.07) is 9.38. The van der Waals surface area contributed by atoms with E-state index in [0.29, 0.717) is 11.6 Å². The van der Waals surface area contributed by atoms with Crippen LogP contribution in [0.4, 0.5) is 0 Å². The van der Waals surface area contributed by atoms with Crippen LogP contribution in [-0.4, -0.2) is 12.1 Å². The van der Waals surface area contributed by atoms with Gasteiger partial charge in [0, 0.05) is 11.8 Å². The van der Waals surface area contributed by atoms with Gasteiger partial charge in [-0.2, -0.15) is 0 Å². The molecule has 2 rings (SSSR count). The number of aryl methyl sites for hydroxylation is 1. The number of pyridine rings is 1. The Hall–Kier alpha value is -1.55. The predicted molar refractivity (Wildman–Crippen MR) is 69.7 cm³/mol. The lowest BCUT2D eigenvalue weighted by atomic mass is 10.3. The number of methoxy groups -OCH3 is 1. The van der Waals surface area contributed by atoms with E-state index >= 15 is 0 Å². The zero-order chi connectivity index (χ0) is 12.3. The topological polar surface area (TPSA) is 31.4 Å². The van der Waals surface area contributed by atoms with E-state index in [9.17, 15) is 0 Å². The van der Waals surface area contributed by atoms with Crippen LogP contribution >= 0.6 is 15.9 Å². The van der Waals surface area contributed by atoms with Crippen molar-refractivity contribution >= 4 is 15.9 Å². The number of aromatic nitrogens is 1. The number of rotatable bonds is 3. The molecule has 0 amide bonds. The Morgan fingerprint density at radius 3 is 2.71 bits per heavy atom. The number of halogens is 1. The molecule has 0 unspecified atom stereocenters. The maximum Gasteiger partial charge on any atom is 0.222 e. The van der Waals surface area contributed by atoms with Crippen molar-refractivity contribution in [1.29, 1.82) is 0 Å². The first-order chi connectivity index (χ1) is 8.20. The molecular formula is C13H12BrNO2. The number of nitrogens with zero attached hydrogens (tertiary/aromatic N) is 1. The van der Waals surface area contributed by atoms with E-state index in [1.165, 1.54) is 0 Å². The van der Waals surface area contributed by atoms with Gasteiger partial charge in [0.05, 0.1) is 11.6 Å². The third-order valence-corrected chi connectivity index (χ3v) is 2.93. The van der Waals surface area contributed by atoms with E-state index in [1.54, 1.807) is 13.3 Å². The number of ether oxygens (including phenoxy) is 2. The van der Waals surface area contributed by atoms with Crippen molar-refractivity contribution in [3.63, 3.8) is 0 Å². The third kappa shape index (κ3) is 2.77. The molecule has 0 fully saturated rings. The molecule has 0 atom stereocenters. The fourth-order valence-electron chi connectivity index (χ4n) is 1.37. The Kier molecular flexibility index (Phi) is 3.64. The van der Waals surface area contributed by atoms with Crippen LogP contribution in [0.25, 0.3) is 0 Å². The van der Waals surface area contributed by atoms with Gasteiger partial charge in [-0.15, -0.1) is 0 Å². The van der Waals surface area contributed by atoms with Gasteiger partial charge in [0.15, 0.2) is 0 Å². The highest BCUT2D eigenvalue weighted by atomic mass is 79.9. The van der Waals surface area contributed by atoms with Crippen LogP contribution in [0.3, 0.4) is 0 Å². The molecule has 2 aromatic rings. The average Bonchev–Trinajstić information content (AvgIpc) is 2.34. The zero-order valence-corrected chi connectivity index (χ0v) is 11.2. The van der Waals surface area contributed by atoms with Crippen LogP contribution in [0.15, 0.2) is 41.0 Å². The number of benzene rings is 1. The van der Waals surface area contributed by atoms with Crippen molar-refractivity contribution in [2.45, 2.75) is 6.92 Å². The minimum absolute atomic E-state index is 0.610. The lowest BCUT2D eigenvalue weighted by Crippen LogP contribution is -1.92. The van der Waals surface area contributed by atoms with E-state index in [1.807, 2.05) is 37.3 Å². The molecule has 0 N–H and O–H groups in total. The lowest BCUT2D eigenvalue weighted by molar-refractivity contribution is 0.411. The monoisotopic (exact) mass is 293 g/mol. The molecule has 0 aliphatic heterocycles. The summed E-state index contributed by atoms with van der Waals surface area (Å²) in [6.07, 6.45) is 1.71. The molecule has 0 spiro atoms. The van der Waals surface area contributed by atoms with Crippen molar-refractivity contribution < 1.29 is 9.47 Å². The van der Waals surface area contributed by atoms with Gasteiger partial charge in [-0.3, -0.25) is 0 Å². The van der Waals surface area contributed by atoms with Crippen molar-refractivity contribution in [1.82, 2.24) is 4.98 Å². The molecule has 17 heavy (non-hydrogen) atoms. The number of hydrogen-bond donors (Lipinski definition) is 0. The maximum atomic E-state index is 5.73. The summed E-state index contributed by atoms with van der Waals surface area (Å²) in [6.45, 7) is 1.96. The SMILES string of the molecule is COc1ccc(Oc2ncccc2C)c(Br)c1. The summed E-state index contributed by atoms with van der Waals surface area (Å²) in [4.78, 5) is 4.18. The highest BCUT2D eigenvalue weighted by Gasteiger charge is 2.06. The molecule has 0 aliphatic carbocycles. The molecule has 1 aromatic heterocycles.